The van der Waals surface area contributed by atoms with E-state index in [4.69, 9.17) is 41.5 Å². The predicted molar refractivity (Wildman–Crippen MR) is 512 cm³/mol. The molecular formula is C116H68N4O6. The van der Waals surface area contributed by atoms with Crippen LogP contribution in [0.1, 0.15) is 49.9 Å². The topological polar surface area (TPSA) is 130 Å². The summed E-state index contributed by atoms with van der Waals surface area (Å²) in [5.41, 5.74) is 36.7. The second-order valence-electron chi connectivity index (χ2n) is 35.4. The van der Waals surface area contributed by atoms with Crippen LogP contribution in [0.2, 0.25) is 0 Å². The molecular weight excluding hydrogens is 1550 g/mol. The molecule has 0 bridgehead atoms. The summed E-state index contributed by atoms with van der Waals surface area (Å²) in [7, 11) is 0. The second kappa shape index (κ2) is 25.2. The highest BCUT2D eigenvalue weighted by Crippen LogP contribution is 2.55. The fourth-order valence-corrected chi connectivity index (χ4v) is 21.6. The molecule has 10 heterocycles. The van der Waals surface area contributed by atoms with Crippen LogP contribution in [0, 0.1) is 0 Å². The molecule has 10 nitrogen and oxygen atoms in total. The monoisotopic (exact) mass is 1610 g/mol. The lowest BCUT2D eigenvalue weighted by molar-refractivity contribution is 0.660. The zero-order chi connectivity index (χ0) is 82.8. The molecule has 0 unspecified atom stereocenters. The number of furan rings is 6. The summed E-state index contributed by atoms with van der Waals surface area (Å²) in [5.74, 6) is 0. The summed E-state index contributed by atoms with van der Waals surface area (Å²) in [6.07, 6.45) is 11.4. The smallest absolute Gasteiger partial charge is 0.136 e. The maximum atomic E-state index is 6.78. The van der Waals surface area contributed by atoms with E-state index in [-0.39, 0.29) is 10.8 Å². The van der Waals surface area contributed by atoms with E-state index in [0.717, 1.165) is 248 Å². The van der Waals surface area contributed by atoms with Crippen molar-refractivity contribution in [2.24, 2.45) is 0 Å². The average molecular weight is 1610 g/mol. The summed E-state index contributed by atoms with van der Waals surface area (Å²) in [6.45, 7) is 9.38. The lowest BCUT2D eigenvalue weighted by atomic mass is 9.81. The van der Waals surface area contributed by atoms with Gasteiger partial charge in [-0.25, -0.2) is 0 Å². The van der Waals surface area contributed by atoms with E-state index >= 15 is 0 Å². The number of pyridine rings is 4. The van der Waals surface area contributed by atoms with E-state index in [1.165, 1.54) is 50.1 Å². The van der Waals surface area contributed by atoms with E-state index in [9.17, 15) is 0 Å². The Kier molecular flexibility index (Phi) is 13.9. The van der Waals surface area contributed by atoms with Crippen LogP contribution >= 0.6 is 0 Å². The van der Waals surface area contributed by atoms with Crippen molar-refractivity contribution in [2.45, 2.75) is 38.5 Å². The molecule has 0 radical (unpaired) electrons. The largest absolute Gasteiger partial charge is 0.456 e. The van der Waals surface area contributed by atoms with Gasteiger partial charge >= 0.3 is 0 Å². The molecule has 0 saturated heterocycles. The van der Waals surface area contributed by atoms with Gasteiger partial charge in [-0.05, 0) is 304 Å². The Hall–Kier alpha value is -16.3. The molecule has 10 aromatic heterocycles. The fourth-order valence-electron chi connectivity index (χ4n) is 21.6. The SMILES string of the molecule is CC1(C)c2ccccc2-c2ccc(-c3ccc4c(c3)oc3ccc5c(ccc6oc7cc(-c8ccc9c(c8)C(C)(C)c8cc(-c%10ccc(-c%11ccc%12c(c%11)oc%11ccc%13c(ccc%14oc%15cc(-c%16ccc(-c%17cncc(-c%18ccc%19c(c%18)oc%18ccc%20c(ccc%21oc%22cc(-c%23cccnc%23)ccc%22c%21%20)c%18%19)c%17)cn%16)ccc%15c%14%13)c%11%12)nc%10)ccc8-9)ccc7c65)c34)cc21. The minimum Gasteiger partial charge on any atom is -0.456 e. The van der Waals surface area contributed by atoms with Crippen LogP contribution in [-0.2, 0) is 10.8 Å². The first-order valence-corrected chi connectivity index (χ1v) is 42.9. The van der Waals surface area contributed by atoms with Crippen molar-refractivity contribution >= 4 is 164 Å². The van der Waals surface area contributed by atoms with Crippen LogP contribution in [-0.4, -0.2) is 19.9 Å². The molecule has 0 saturated carbocycles. The van der Waals surface area contributed by atoms with Crippen LogP contribution in [0.4, 0.5) is 0 Å². The fraction of sp³-hybridized carbons (Fsp3) is 0.0517. The zero-order valence-electron chi connectivity index (χ0n) is 68.6. The molecule has 126 heavy (non-hydrogen) atoms. The molecule has 10 heteroatoms. The Morgan fingerprint density at radius 3 is 0.817 bits per heavy atom. The van der Waals surface area contributed by atoms with Crippen molar-refractivity contribution in [1.29, 1.82) is 0 Å². The molecule has 0 N–H and O–H groups in total. The molecule has 26 aromatic rings. The van der Waals surface area contributed by atoms with Crippen LogP contribution < -0.4 is 0 Å². The van der Waals surface area contributed by atoms with E-state index in [1.807, 2.05) is 37.1 Å². The molecule has 588 valence electrons. The van der Waals surface area contributed by atoms with Gasteiger partial charge in [-0.2, -0.15) is 0 Å². The third kappa shape index (κ3) is 9.91. The molecule has 0 aliphatic heterocycles. The van der Waals surface area contributed by atoms with Gasteiger partial charge in [0.25, 0.3) is 0 Å². The number of hydrogen-bond donors (Lipinski definition) is 0. The van der Waals surface area contributed by atoms with E-state index in [0.29, 0.717) is 0 Å². The van der Waals surface area contributed by atoms with Crippen LogP contribution in [0.25, 0.3) is 275 Å². The van der Waals surface area contributed by atoms with Crippen LogP contribution in [0.15, 0.2) is 367 Å². The normalized spacial score (nSPS) is 13.5. The van der Waals surface area contributed by atoms with Gasteiger partial charge in [-0.15, -0.1) is 0 Å². The molecule has 16 aromatic carbocycles. The first-order chi connectivity index (χ1) is 61.8. The molecule has 0 amide bonds. The van der Waals surface area contributed by atoms with Crippen LogP contribution in [0.5, 0.6) is 0 Å². The van der Waals surface area contributed by atoms with Gasteiger partial charge in [0.15, 0.2) is 0 Å². The van der Waals surface area contributed by atoms with Crippen molar-refractivity contribution in [3.63, 3.8) is 0 Å². The number of rotatable bonds is 8. The molecule has 0 atom stereocenters. The van der Waals surface area contributed by atoms with E-state index in [1.54, 1.807) is 6.20 Å². The van der Waals surface area contributed by atoms with Gasteiger partial charge in [-0.1, -0.05) is 143 Å². The first-order valence-electron chi connectivity index (χ1n) is 42.9. The Morgan fingerprint density at radius 2 is 0.452 bits per heavy atom. The highest BCUT2D eigenvalue weighted by atomic mass is 16.3. The van der Waals surface area contributed by atoms with Crippen LogP contribution in [0.3, 0.4) is 0 Å². The van der Waals surface area contributed by atoms with Gasteiger partial charge in [0.1, 0.15) is 67.0 Å². The highest BCUT2D eigenvalue weighted by Gasteiger charge is 2.38. The van der Waals surface area contributed by atoms with Gasteiger partial charge < -0.3 is 26.5 Å². The summed E-state index contributed by atoms with van der Waals surface area (Å²) >= 11 is 0. The average Bonchev–Trinajstić information content (AvgIpc) is 1.58. The molecule has 0 spiro atoms. The lowest BCUT2D eigenvalue weighted by Gasteiger charge is -2.22. The third-order valence-corrected chi connectivity index (χ3v) is 28.0. The van der Waals surface area contributed by atoms with Gasteiger partial charge in [0.05, 0.1) is 11.4 Å². The summed E-state index contributed by atoms with van der Waals surface area (Å²) in [5, 5.41) is 19.7. The number of aromatic nitrogens is 4. The summed E-state index contributed by atoms with van der Waals surface area (Å²) in [6, 6.07) is 109. The van der Waals surface area contributed by atoms with E-state index < -0.39 is 0 Å². The Morgan fingerprint density at radius 1 is 0.183 bits per heavy atom. The quantitative estimate of drug-likeness (QED) is 0.145. The van der Waals surface area contributed by atoms with Gasteiger partial charge in [0, 0.05) is 152 Å². The second-order valence-corrected chi connectivity index (χ2v) is 35.4. The maximum absolute atomic E-state index is 6.78. The zero-order valence-corrected chi connectivity index (χ0v) is 68.6. The predicted octanol–water partition coefficient (Wildman–Crippen LogP) is 32.1. The third-order valence-electron chi connectivity index (χ3n) is 28.0. The van der Waals surface area contributed by atoms with Crippen molar-refractivity contribution in [1.82, 2.24) is 19.9 Å². The molecule has 28 rings (SSSR count). The van der Waals surface area contributed by atoms with E-state index in [2.05, 4.69) is 330 Å². The standard InChI is InChI=1S/C116H68N4O6/c1-115(2)91-10-6-5-9-75(91)76-22-11-61(47-92(76)115)64-14-25-85-103(50-64)121-97-39-31-80-79(109(85)97)32-40-98-110(80)86-26-15-65(51-104(86)122-98)62-12-23-77-78-24-13-63(49-94(78)116(3,4)93(77)48-62)71-20-37-95(119-59-71)68-18-29-89-107(54-68)125-101-43-35-84-83(113(89)101)36-44-102-114(84)90-30-19-69(55-108(90)126-102)96-38-21-72(60-120-96)74-46-73(57-118-58-74)67-17-28-88-106(53-67)124-100-42-34-81-82(112(88)100)33-41-99-111(81)87-27-16-66(52-105(87)123-99)70-8-7-45-117-56-70/h5-60H,1-4H3. The van der Waals surface area contributed by atoms with Crippen molar-refractivity contribution < 1.29 is 26.5 Å². The Balaban J connectivity index is 0.418. The maximum Gasteiger partial charge on any atom is 0.136 e. The number of fused-ring (bicyclic) bond motifs is 33. The number of hydrogen-bond acceptors (Lipinski definition) is 10. The van der Waals surface area contributed by atoms with Crippen molar-refractivity contribution in [3.8, 4) is 112 Å². The molecule has 2 aliphatic carbocycles. The summed E-state index contributed by atoms with van der Waals surface area (Å²) < 4.78 is 40.0. The lowest BCUT2D eigenvalue weighted by Crippen LogP contribution is -2.15. The highest BCUT2D eigenvalue weighted by molar-refractivity contribution is 6.31. The van der Waals surface area contributed by atoms with Gasteiger partial charge in [-0.3, -0.25) is 19.9 Å². The van der Waals surface area contributed by atoms with Crippen molar-refractivity contribution in [3.05, 3.63) is 363 Å². The Bertz CT molecular complexity index is 9350. The first kappa shape index (κ1) is 69.4. The molecule has 2 aliphatic rings. The number of benzene rings is 16. The number of nitrogens with zero attached hydrogens (tertiary/aromatic N) is 4. The van der Waals surface area contributed by atoms with Gasteiger partial charge in [0.2, 0.25) is 0 Å². The van der Waals surface area contributed by atoms with Crippen molar-refractivity contribution in [2.75, 3.05) is 0 Å². The molecule has 0 fully saturated rings. The minimum absolute atomic E-state index is 0.0760. The summed E-state index contributed by atoms with van der Waals surface area (Å²) in [4.78, 5) is 19.2. The minimum atomic E-state index is -0.262. The Labute approximate surface area is 718 Å².